The van der Waals surface area contributed by atoms with Crippen LogP contribution in [-0.4, -0.2) is 38.7 Å². The molecule has 6 heteroatoms. The van der Waals surface area contributed by atoms with Gasteiger partial charge in [-0.15, -0.1) is 0 Å². The normalized spacial score (nSPS) is 20.8. The first kappa shape index (κ1) is 15.3. The third-order valence-corrected chi connectivity index (χ3v) is 4.87. The van der Waals surface area contributed by atoms with Gasteiger partial charge in [-0.05, 0) is 30.5 Å². The third-order valence-electron chi connectivity index (χ3n) is 3.60. The highest BCUT2D eigenvalue weighted by molar-refractivity contribution is 7.88. The summed E-state index contributed by atoms with van der Waals surface area (Å²) < 4.78 is 30.4. The van der Waals surface area contributed by atoms with Crippen LogP contribution in [0.3, 0.4) is 0 Å². The fraction of sp³-hybridized carbons (Fsp3) is 0.571. The molecule has 5 nitrogen and oxygen atoms in total. The van der Waals surface area contributed by atoms with E-state index in [1.165, 1.54) is 6.26 Å². The predicted octanol–water partition coefficient (Wildman–Crippen LogP) is 1.20. The number of nitrogens with two attached hydrogens (primary N) is 1. The van der Waals surface area contributed by atoms with E-state index in [0.717, 1.165) is 24.2 Å². The summed E-state index contributed by atoms with van der Waals surface area (Å²) >= 11 is 0. The van der Waals surface area contributed by atoms with Crippen LogP contribution in [0.15, 0.2) is 24.3 Å². The molecule has 0 radical (unpaired) electrons. The summed E-state index contributed by atoms with van der Waals surface area (Å²) in [7, 11) is -3.09. The summed E-state index contributed by atoms with van der Waals surface area (Å²) in [5, 5.41) is 0. The molecule has 1 saturated heterocycles. The smallest absolute Gasteiger partial charge is 0.211 e. The Morgan fingerprint density at radius 3 is 2.65 bits per heavy atom. The zero-order valence-electron chi connectivity index (χ0n) is 11.8. The van der Waals surface area contributed by atoms with Crippen LogP contribution in [0.4, 0.5) is 0 Å². The summed E-state index contributed by atoms with van der Waals surface area (Å²) in [6.07, 6.45) is 3.17. The molecular formula is C14H22N2O3S. The Labute approximate surface area is 120 Å². The molecule has 0 spiro atoms. The Kier molecular flexibility index (Phi) is 5.01. The zero-order valence-corrected chi connectivity index (χ0v) is 12.6. The molecular weight excluding hydrogens is 276 g/mol. The predicted molar refractivity (Wildman–Crippen MR) is 79.0 cm³/mol. The van der Waals surface area contributed by atoms with Gasteiger partial charge in [-0.1, -0.05) is 12.1 Å². The minimum Gasteiger partial charge on any atom is -0.493 e. The monoisotopic (exact) mass is 298 g/mol. The Morgan fingerprint density at radius 2 is 2.05 bits per heavy atom. The fourth-order valence-electron chi connectivity index (χ4n) is 2.40. The zero-order chi connectivity index (χ0) is 14.6. The first-order valence-electron chi connectivity index (χ1n) is 6.86. The van der Waals surface area contributed by atoms with Crippen LogP contribution in [0.1, 0.15) is 18.4 Å². The highest BCUT2D eigenvalue weighted by Crippen LogP contribution is 2.20. The average molecular weight is 298 g/mol. The fourth-order valence-corrected chi connectivity index (χ4v) is 3.34. The second kappa shape index (κ2) is 6.56. The van der Waals surface area contributed by atoms with E-state index in [9.17, 15) is 8.42 Å². The summed E-state index contributed by atoms with van der Waals surface area (Å²) in [6.45, 7) is 2.25. The molecule has 20 heavy (non-hydrogen) atoms. The number of hydrogen-bond acceptors (Lipinski definition) is 4. The van der Waals surface area contributed by atoms with E-state index in [4.69, 9.17) is 10.5 Å². The van der Waals surface area contributed by atoms with Gasteiger partial charge in [-0.25, -0.2) is 12.7 Å². The Morgan fingerprint density at radius 1 is 1.35 bits per heavy atom. The van der Waals surface area contributed by atoms with Crippen molar-refractivity contribution in [1.82, 2.24) is 4.31 Å². The Balaban J connectivity index is 1.87. The molecule has 1 aromatic carbocycles. The van der Waals surface area contributed by atoms with Gasteiger partial charge in [-0.3, -0.25) is 0 Å². The maximum Gasteiger partial charge on any atom is 0.211 e. The van der Waals surface area contributed by atoms with Crippen LogP contribution in [0.25, 0.3) is 0 Å². The second-order valence-electron chi connectivity index (χ2n) is 5.29. The van der Waals surface area contributed by atoms with Crippen LogP contribution < -0.4 is 10.5 Å². The van der Waals surface area contributed by atoms with Crippen molar-refractivity contribution in [2.45, 2.75) is 19.4 Å². The van der Waals surface area contributed by atoms with Crippen molar-refractivity contribution in [3.63, 3.8) is 0 Å². The molecule has 1 aromatic rings. The minimum absolute atomic E-state index is 0.257. The first-order chi connectivity index (χ1) is 9.49. The first-order valence-corrected chi connectivity index (χ1v) is 8.71. The molecule has 1 atom stereocenters. The molecule has 112 valence electrons. The number of benzene rings is 1. The molecule has 0 amide bonds. The lowest BCUT2D eigenvalue weighted by molar-refractivity contribution is 0.180. The van der Waals surface area contributed by atoms with Crippen LogP contribution in [0, 0.1) is 5.92 Å². The number of rotatable bonds is 5. The molecule has 0 saturated carbocycles. The standard InChI is InChI=1S/C14H22N2O3S/c1-20(17,18)16-8-2-3-13(10-16)11-19-14-6-4-12(9-15)5-7-14/h4-7,13H,2-3,8-11,15H2,1H3. The van der Waals surface area contributed by atoms with E-state index in [0.29, 0.717) is 26.2 Å². The topological polar surface area (TPSA) is 72.6 Å². The molecule has 1 fully saturated rings. The van der Waals surface area contributed by atoms with Crippen molar-refractivity contribution in [3.05, 3.63) is 29.8 Å². The van der Waals surface area contributed by atoms with E-state index >= 15 is 0 Å². The summed E-state index contributed by atoms with van der Waals surface area (Å²) in [4.78, 5) is 0. The highest BCUT2D eigenvalue weighted by Gasteiger charge is 2.26. The van der Waals surface area contributed by atoms with Crippen molar-refractivity contribution in [1.29, 1.82) is 0 Å². The van der Waals surface area contributed by atoms with Crippen LogP contribution in [-0.2, 0) is 16.6 Å². The van der Waals surface area contributed by atoms with Gasteiger partial charge in [-0.2, -0.15) is 0 Å². The highest BCUT2D eigenvalue weighted by atomic mass is 32.2. The quantitative estimate of drug-likeness (QED) is 0.886. The van der Waals surface area contributed by atoms with Gasteiger partial charge >= 0.3 is 0 Å². The van der Waals surface area contributed by atoms with E-state index in [1.807, 2.05) is 24.3 Å². The van der Waals surface area contributed by atoms with Gasteiger partial charge in [0.1, 0.15) is 5.75 Å². The number of piperidine rings is 1. The Bertz CT molecular complexity index is 528. The van der Waals surface area contributed by atoms with Gasteiger partial charge in [0.25, 0.3) is 0 Å². The third kappa shape index (κ3) is 4.19. The molecule has 1 aliphatic heterocycles. The largest absolute Gasteiger partial charge is 0.493 e. The maximum atomic E-state index is 11.5. The van der Waals surface area contributed by atoms with E-state index in [-0.39, 0.29) is 5.92 Å². The van der Waals surface area contributed by atoms with Crippen LogP contribution in [0.5, 0.6) is 5.75 Å². The molecule has 0 aromatic heterocycles. The molecule has 0 bridgehead atoms. The van der Waals surface area contributed by atoms with Crippen molar-refractivity contribution < 1.29 is 13.2 Å². The molecule has 2 N–H and O–H groups in total. The van der Waals surface area contributed by atoms with Gasteiger partial charge < -0.3 is 10.5 Å². The number of hydrogen-bond donors (Lipinski definition) is 1. The second-order valence-corrected chi connectivity index (χ2v) is 7.27. The lowest BCUT2D eigenvalue weighted by Crippen LogP contribution is -2.40. The summed E-state index contributed by atoms with van der Waals surface area (Å²) in [5.74, 6) is 1.06. The summed E-state index contributed by atoms with van der Waals surface area (Å²) in [5.41, 5.74) is 6.61. The lowest BCUT2D eigenvalue weighted by Gasteiger charge is -2.30. The van der Waals surface area contributed by atoms with Gasteiger partial charge in [0.15, 0.2) is 0 Å². The van der Waals surface area contributed by atoms with E-state index in [1.54, 1.807) is 4.31 Å². The minimum atomic E-state index is -3.09. The van der Waals surface area contributed by atoms with Crippen LogP contribution in [0.2, 0.25) is 0 Å². The molecule has 1 aliphatic rings. The van der Waals surface area contributed by atoms with E-state index < -0.39 is 10.0 Å². The Hall–Kier alpha value is -1.11. The van der Waals surface area contributed by atoms with Crippen LogP contribution >= 0.6 is 0 Å². The van der Waals surface area contributed by atoms with Gasteiger partial charge in [0.05, 0.1) is 12.9 Å². The molecule has 1 unspecified atom stereocenters. The van der Waals surface area contributed by atoms with Gasteiger partial charge in [0, 0.05) is 25.6 Å². The number of sulfonamides is 1. The number of nitrogens with zero attached hydrogens (tertiary/aromatic N) is 1. The summed E-state index contributed by atoms with van der Waals surface area (Å²) in [6, 6.07) is 7.69. The van der Waals surface area contributed by atoms with Crippen molar-refractivity contribution in [2.75, 3.05) is 26.0 Å². The molecule has 0 aliphatic carbocycles. The van der Waals surface area contributed by atoms with Crippen molar-refractivity contribution in [3.8, 4) is 5.75 Å². The maximum absolute atomic E-state index is 11.5. The molecule has 2 rings (SSSR count). The van der Waals surface area contributed by atoms with E-state index in [2.05, 4.69) is 0 Å². The van der Waals surface area contributed by atoms with Crippen molar-refractivity contribution >= 4 is 10.0 Å². The van der Waals surface area contributed by atoms with Gasteiger partial charge in [0.2, 0.25) is 10.0 Å². The lowest BCUT2D eigenvalue weighted by atomic mass is 10.0. The van der Waals surface area contributed by atoms with Crippen molar-refractivity contribution in [2.24, 2.45) is 11.7 Å². The number of ether oxygens (including phenoxy) is 1. The SMILES string of the molecule is CS(=O)(=O)N1CCCC(COc2ccc(CN)cc2)C1. The molecule has 1 heterocycles. The average Bonchev–Trinajstić information content (AvgIpc) is 2.45.